The summed E-state index contributed by atoms with van der Waals surface area (Å²) in [7, 11) is 1.70. The molecule has 0 bridgehead atoms. The predicted molar refractivity (Wildman–Crippen MR) is 77.6 cm³/mol. The maximum atomic E-state index is 12.5. The van der Waals surface area contributed by atoms with E-state index in [0.717, 1.165) is 10.7 Å². The summed E-state index contributed by atoms with van der Waals surface area (Å²) in [4.78, 5) is 35.8. The van der Waals surface area contributed by atoms with Gasteiger partial charge in [0.1, 0.15) is 6.04 Å². The molecule has 0 radical (unpaired) electrons. The number of amides is 2. The summed E-state index contributed by atoms with van der Waals surface area (Å²) < 4.78 is 3.05. The van der Waals surface area contributed by atoms with Crippen molar-refractivity contribution in [2.45, 2.75) is 25.8 Å². The molecule has 1 aliphatic heterocycles. The van der Waals surface area contributed by atoms with Crippen molar-refractivity contribution < 1.29 is 9.59 Å². The summed E-state index contributed by atoms with van der Waals surface area (Å²) in [5.41, 5.74) is -0.232. The van der Waals surface area contributed by atoms with Crippen molar-refractivity contribution in [3.05, 3.63) is 33.3 Å². The van der Waals surface area contributed by atoms with E-state index in [0.29, 0.717) is 6.42 Å². The Morgan fingerprint density at radius 1 is 1.24 bits per heavy atom. The van der Waals surface area contributed by atoms with E-state index >= 15 is 0 Å². The molecule has 1 fully saturated rings. The van der Waals surface area contributed by atoms with Crippen LogP contribution in [0.5, 0.6) is 0 Å². The number of rotatable bonds is 1. The topological polar surface area (TPSA) is 73.1 Å². The maximum absolute atomic E-state index is 12.5. The number of carbonyl (C=O) groups is 2. The highest BCUT2D eigenvalue weighted by atomic mass is 16.2. The van der Waals surface area contributed by atoms with Gasteiger partial charge in [-0.2, -0.15) is 0 Å². The second kappa shape index (κ2) is 4.87. The molecule has 1 aromatic heterocycles. The smallest absolute Gasteiger partial charge is 0.295 e. The Balaban J connectivity index is 2.24. The van der Waals surface area contributed by atoms with Crippen LogP contribution in [0.25, 0.3) is 12.2 Å². The van der Waals surface area contributed by atoms with Gasteiger partial charge in [-0.05, 0) is 18.4 Å². The highest BCUT2D eigenvalue weighted by Gasteiger charge is 2.30. The van der Waals surface area contributed by atoms with Crippen molar-refractivity contribution in [1.29, 1.82) is 0 Å². The van der Waals surface area contributed by atoms with Gasteiger partial charge in [-0.1, -0.05) is 25.2 Å². The van der Waals surface area contributed by atoms with Gasteiger partial charge in [0, 0.05) is 13.5 Å². The van der Waals surface area contributed by atoms with Crippen LogP contribution in [0, 0.1) is 5.92 Å². The van der Waals surface area contributed by atoms with Gasteiger partial charge in [-0.25, -0.2) is 4.79 Å². The number of hydrogen-bond donors (Lipinski definition) is 1. The van der Waals surface area contributed by atoms with Gasteiger partial charge < -0.3 is 0 Å². The Bertz CT molecular complexity index is 826. The van der Waals surface area contributed by atoms with Crippen molar-refractivity contribution in [3.63, 3.8) is 0 Å². The molecule has 6 nitrogen and oxygen atoms in total. The van der Waals surface area contributed by atoms with Crippen molar-refractivity contribution in [1.82, 2.24) is 14.5 Å². The van der Waals surface area contributed by atoms with Crippen molar-refractivity contribution in [2.24, 2.45) is 13.0 Å². The quantitative estimate of drug-likeness (QED) is 0.669. The minimum Gasteiger partial charge on any atom is -0.295 e. The van der Waals surface area contributed by atoms with E-state index in [1.54, 1.807) is 11.6 Å². The SMILES string of the molecule is CC1C=CC=c2c(n(C)c(=O)n2C2CCC(=O)NC2=O)=C1. The lowest BCUT2D eigenvalue weighted by Crippen LogP contribution is -2.47. The highest BCUT2D eigenvalue weighted by molar-refractivity contribution is 5.99. The molecular weight excluding hydrogens is 270 g/mol. The molecule has 0 aromatic carbocycles. The molecule has 1 saturated heterocycles. The number of nitrogens with zero attached hydrogens (tertiary/aromatic N) is 2. The van der Waals surface area contributed by atoms with E-state index in [9.17, 15) is 14.4 Å². The van der Waals surface area contributed by atoms with E-state index in [-0.39, 0.29) is 23.9 Å². The molecule has 2 atom stereocenters. The number of imide groups is 1. The fourth-order valence-electron chi connectivity index (χ4n) is 2.88. The first-order valence-electron chi connectivity index (χ1n) is 7.00. The van der Waals surface area contributed by atoms with Gasteiger partial charge in [0.2, 0.25) is 11.8 Å². The Kier molecular flexibility index (Phi) is 3.16. The molecule has 0 saturated carbocycles. The highest BCUT2D eigenvalue weighted by Crippen LogP contribution is 2.14. The number of allylic oxidation sites excluding steroid dienone is 2. The molecule has 1 aliphatic carbocycles. The van der Waals surface area contributed by atoms with Crippen LogP contribution in [0.4, 0.5) is 0 Å². The molecule has 1 N–H and O–H groups in total. The summed E-state index contributed by atoms with van der Waals surface area (Å²) in [6.45, 7) is 2.03. The Hall–Kier alpha value is -2.37. The Labute approximate surface area is 121 Å². The van der Waals surface area contributed by atoms with Gasteiger partial charge in [-0.15, -0.1) is 0 Å². The van der Waals surface area contributed by atoms with E-state index < -0.39 is 11.9 Å². The molecule has 21 heavy (non-hydrogen) atoms. The average Bonchev–Trinajstić information content (AvgIpc) is 2.59. The first-order chi connectivity index (χ1) is 9.99. The van der Waals surface area contributed by atoms with E-state index in [2.05, 4.69) is 5.32 Å². The number of nitrogens with one attached hydrogen (secondary N) is 1. The summed E-state index contributed by atoms with van der Waals surface area (Å²) in [6.07, 6.45) is 8.38. The molecule has 110 valence electrons. The van der Waals surface area contributed by atoms with Gasteiger partial charge in [0.05, 0.1) is 10.7 Å². The number of carbonyl (C=O) groups excluding carboxylic acids is 2. The van der Waals surface area contributed by atoms with Crippen LogP contribution in [0.2, 0.25) is 0 Å². The summed E-state index contributed by atoms with van der Waals surface area (Å²) >= 11 is 0. The lowest BCUT2D eigenvalue weighted by Gasteiger charge is -2.21. The van der Waals surface area contributed by atoms with E-state index in [1.165, 1.54) is 4.57 Å². The molecule has 0 spiro atoms. The summed E-state index contributed by atoms with van der Waals surface area (Å²) in [6, 6.07) is -0.628. The predicted octanol–water partition coefficient (Wildman–Crippen LogP) is -1.07. The number of aromatic nitrogens is 2. The standard InChI is InChI=1S/C15H17N3O3/c1-9-4-3-5-10-12(8-9)17(2)15(21)18(10)11-6-7-13(19)16-14(11)20/h3-5,8-9,11H,6-7H2,1-2H3,(H,16,19,20). The van der Waals surface area contributed by atoms with Crippen molar-refractivity contribution >= 4 is 24.0 Å². The monoisotopic (exact) mass is 287 g/mol. The normalized spacial score (nSPS) is 24.7. The zero-order chi connectivity index (χ0) is 15.1. The first kappa shape index (κ1) is 13.6. The number of hydrogen-bond acceptors (Lipinski definition) is 3. The van der Waals surface area contributed by atoms with Crippen molar-refractivity contribution in [2.75, 3.05) is 0 Å². The zero-order valence-electron chi connectivity index (χ0n) is 12.0. The largest absolute Gasteiger partial charge is 0.329 e. The third kappa shape index (κ3) is 2.16. The van der Waals surface area contributed by atoms with Gasteiger partial charge >= 0.3 is 5.69 Å². The van der Waals surface area contributed by atoms with Crippen LogP contribution in [0.15, 0.2) is 16.9 Å². The fraction of sp³-hybridized carbons (Fsp3) is 0.400. The first-order valence-corrected chi connectivity index (χ1v) is 7.00. The number of fused-ring (bicyclic) bond motifs is 1. The van der Waals surface area contributed by atoms with Crippen LogP contribution in [-0.4, -0.2) is 20.9 Å². The summed E-state index contributed by atoms with van der Waals surface area (Å²) in [5, 5.41) is 3.83. The Morgan fingerprint density at radius 3 is 2.71 bits per heavy atom. The molecule has 2 aliphatic rings. The molecule has 6 heteroatoms. The van der Waals surface area contributed by atoms with Gasteiger partial charge in [0.15, 0.2) is 0 Å². The van der Waals surface area contributed by atoms with Gasteiger partial charge in [0.25, 0.3) is 0 Å². The van der Waals surface area contributed by atoms with E-state index in [1.807, 2.05) is 31.2 Å². The lowest BCUT2D eigenvalue weighted by molar-refractivity contribution is -0.135. The molecule has 2 heterocycles. The van der Waals surface area contributed by atoms with E-state index in [4.69, 9.17) is 0 Å². The minimum atomic E-state index is -0.628. The van der Waals surface area contributed by atoms with Crippen LogP contribution >= 0.6 is 0 Å². The van der Waals surface area contributed by atoms with Gasteiger partial charge in [-0.3, -0.25) is 24.0 Å². The summed E-state index contributed by atoms with van der Waals surface area (Å²) in [5.74, 6) is -0.475. The second-order valence-electron chi connectivity index (χ2n) is 5.53. The van der Waals surface area contributed by atoms with Crippen molar-refractivity contribution in [3.8, 4) is 0 Å². The minimum absolute atomic E-state index is 0.214. The average molecular weight is 287 g/mol. The lowest BCUT2D eigenvalue weighted by atomic mass is 10.1. The molecular formula is C15H17N3O3. The second-order valence-corrected chi connectivity index (χ2v) is 5.53. The fourth-order valence-corrected chi connectivity index (χ4v) is 2.88. The third-order valence-electron chi connectivity index (χ3n) is 3.99. The third-order valence-corrected chi connectivity index (χ3v) is 3.99. The zero-order valence-corrected chi connectivity index (χ0v) is 12.0. The Morgan fingerprint density at radius 2 is 2.00 bits per heavy atom. The number of piperidine rings is 1. The number of imidazole rings is 1. The van der Waals surface area contributed by atoms with Crippen LogP contribution in [0.1, 0.15) is 25.8 Å². The molecule has 3 rings (SSSR count). The molecule has 2 unspecified atom stereocenters. The maximum Gasteiger partial charge on any atom is 0.329 e. The molecule has 1 aromatic rings. The van der Waals surface area contributed by atoms with Crippen LogP contribution in [0.3, 0.4) is 0 Å². The molecule has 2 amide bonds. The van der Waals surface area contributed by atoms with Crippen LogP contribution in [-0.2, 0) is 16.6 Å². The van der Waals surface area contributed by atoms with Crippen LogP contribution < -0.4 is 21.7 Å².